The van der Waals surface area contributed by atoms with Crippen LogP contribution in [0.3, 0.4) is 0 Å². The quantitative estimate of drug-likeness (QED) is 0.768. The lowest BCUT2D eigenvalue weighted by Crippen LogP contribution is -2.49. The van der Waals surface area contributed by atoms with Gasteiger partial charge in [0.15, 0.2) is 0 Å². The lowest BCUT2D eigenvalue weighted by molar-refractivity contribution is -0.136. The van der Waals surface area contributed by atoms with E-state index < -0.39 is 6.04 Å². The molecule has 1 saturated heterocycles. The molecule has 19 heavy (non-hydrogen) atoms. The minimum absolute atomic E-state index is 0.00153. The molecular formula is C14H27N3O2. The van der Waals surface area contributed by atoms with Gasteiger partial charge >= 0.3 is 0 Å². The highest BCUT2D eigenvalue weighted by molar-refractivity contribution is 5.88. The third-order valence-corrected chi connectivity index (χ3v) is 3.62. The molecule has 1 aliphatic heterocycles. The second kappa shape index (κ2) is 6.89. The van der Waals surface area contributed by atoms with Crippen molar-refractivity contribution in [3.63, 3.8) is 0 Å². The number of rotatable bonds is 5. The van der Waals surface area contributed by atoms with Gasteiger partial charge in [0.05, 0.1) is 5.92 Å². The molecule has 1 aliphatic rings. The largest absolute Gasteiger partial charge is 0.347 e. The van der Waals surface area contributed by atoms with E-state index in [2.05, 4.69) is 24.5 Å². The molecule has 2 N–H and O–H groups in total. The van der Waals surface area contributed by atoms with Crippen LogP contribution < -0.4 is 10.6 Å². The first-order valence-electron chi connectivity index (χ1n) is 7.07. The molecule has 0 saturated carbocycles. The van der Waals surface area contributed by atoms with Crippen molar-refractivity contribution in [1.82, 2.24) is 15.5 Å². The second-order valence-electron chi connectivity index (χ2n) is 6.06. The van der Waals surface area contributed by atoms with Crippen molar-refractivity contribution in [1.29, 1.82) is 0 Å². The fourth-order valence-electron chi connectivity index (χ4n) is 2.50. The first kappa shape index (κ1) is 16.0. The maximum absolute atomic E-state index is 12.3. The minimum Gasteiger partial charge on any atom is -0.347 e. The molecule has 0 aliphatic carbocycles. The van der Waals surface area contributed by atoms with Gasteiger partial charge in [0.1, 0.15) is 6.04 Å². The van der Waals surface area contributed by atoms with E-state index in [4.69, 9.17) is 0 Å². The second-order valence-corrected chi connectivity index (χ2v) is 6.06. The number of hydrogen-bond donors (Lipinski definition) is 2. The zero-order valence-electron chi connectivity index (χ0n) is 12.7. The van der Waals surface area contributed by atoms with Gasteiger partial charge in [-0.3, -0.25) is 9.59 Å². The number of hydrogen-bond acceptors (Lipinski definition) is 3. The molecule has 5 heteroatoms. The van der Waals surface area contributed by atoms with Crippen LogP contribution >= 0.6 is 0 Å². The molecule has 110 valence electrons. The Bertz CT molecular complexity index is 329. The van der Waals surface area contributed by atoms with Gasteiger partial charge in [-0.05, 0) is 32.2 Å². The molecule has 0 aromatic carbocycles. The van der Waals surface area contributed by atoms with E-state index in [-0.39, 0.29) is 23.8 Å². The Balaban J connectivity index is 2.66. The standard InChI is InChI=1S/C14H27N3O2/c1-9(2)8-12(14(19)17(4)5)16-13(18)11-6-7-15-10(11)3/h9-12,15H,6-8H2,1-5H3,(H,16,18). The third kappa shape index (κ3) is 4.49. The molecule has 3 unspecified atom stereocenters. The van der Waals surface area contributed by atoms with Gasteiger partial charge in [-0.1, -0.05) is 13.8 Å². The predicted molar refractivity (Wildman–Crippen MR) is 75.7 cm³/mol. The highest BCUT2D eigenvalue weighted by Crippen LogP contribution is 2.16. The van der Waals surface area contributed by atoms with E-state index in [9.17, 15) is 9.59 Å². The van der Waals surface area contributed by atoms with Crippen LogP contribution in [0.5, 0.6) is 0 Å². The Kier molecular flexibility index (Phi) is 5.79. The number of carbonyl (C=O) groups is 2. The van der Waals surface area contributed by atoms with Gasteiger partial charge in [0, 0.05) is 20.1 Å². The average Bonchev–Trinajstić information content (AvgIpc) is 2.72. The first-order chi connectivity index (χ1) is 8.82. The van der Waals surface area contributed by atoms with Crippen LogP contribution in [-0.4, -0.2) is 49.4 Å². The van der Waals surface area contributed by atoms with E-state index >= 15 is 0 Å². The summed E-state index contributed by atoms with van der Waals surface area (Å²) in [6.45, 7) is 7.00. The maximum Gasteiger partial charge on any atom is 0.244 e. The molecule has 1 rings (SSSR count). The van der Waals surface area contributed by atoms with Crippen LogP contribution in [0.2, 0.25) is 0 Å². The summed E-state index contributed by atoms with van der Waals surface area (Å²) >= 11 is 0. The van der Waals surface area contributed by atoms with Crippen LogP contribution in [0.15, 0.2) is 0 Å². The first-order valence-corrected chi connectivity index (χ1v) is 7.07. The van der Waals surface area contributed by atoms with Crippen molar-refractivity contribution < 1.29 is 9.59 Å². The molecule has 0 bridgehead atoms. The Morgan fingerprint density at radius 3 is 2.42 bits per heavy atom. The van der Waals surface area contributed by atoms with E-state index in [0.29, 0.717) is 12.3 Å². The molecule has 0 spiro atoms. The average molecular weight is 269 g/mol. The maximum atomic E-state index is 12.3. The van der Waals surface area contributed by atoms with Crippen molar-refractivity contribution >= 4 is 11.8 Å². The lowest BCUT2D eigenvalue weighted by atomic mass is 9.98. The highest BCUT2D eigenvalue weighted by Gasteiger charge is 2.32. The predicted octanol–water partition coefficient (Wildman–Crippen LogP) is 0.604. The van der Waals surface area contributed by atoms with Gasteiger partial charge in [-0.15, -0.1) is 0 Å². The summed E-state index contributed by atoms with van der Waals surface area (Å²) in [5.41, 5.74) is 0. The molecule has 2 amide bonds. The van der Waals surface area contributed by atoms with Crippen LogP contribution in [0, 0.1) is 11.8 Å². The highest BCUT2D eigenvalue weighted by atomic mass is 16.2. The Labute approximate surface area is 116 Å². The minimum atomic E-state index is -0.407. The monoisotopic (exact) mass is 269 g/mol. The summed E-state index contributed by atoms with van der Waals surface area (Å²) in [7, 11) is 3.45. The fraction of sp³-hybridized carbons (Fsp3) is 0.857. The molecular weight excluding hydrogens is 242 g/mol. The van der Waals surface area contributed by atoms with E-state index in [1.54, 1.807) is 19.0 Å². The van der Waals surface area contributed by atoms with Gasteiger partial charge in [0.25, 0.3) is 0 Å². The van der Waals surface area contributed by atoms with Crippen molar-refractivity contribution in [2.75, 3.05) is 20.6 Å². The molecule has 3 atom stereocenters. The smallest absolute Gasteiger partial charge is 0.244 e. The third-order valence-electron chi connectivity index (χ3n) is 3.62. The number of carbonyl (C=O) groups excluding carboxylic acids is 2. The van der Waals surface area contributed by atoms with E-state index in [1.807, 2.05) is 6.92 Å². The summed E-state index contributed by atoms with van der Waals surface area (Å²) in [5, 5.41) is 6.19. The Morgan fingerprint density at radius 1 is 1.37 bits per heavy atom. The van der Waals surface area contributed by atoms with Gasteiger partial charge in [-0.2, -0.15) is 0 Å². The Hall–Kier alpha value is -1.10. The van der Waals surface area contributed by atoms with Crippen molar-refractivity contribution in [2.45, 2.75) is 45.7 Å². The van der Waals surface area contributed by atoms with Crippen LogP contribution in [0.25, 0.3) is 0 Å². The normalized spacial score (nSPS) is 24.3. The molecule has 0 radical (unpaired) electrons. The van der Waals surface area contributed by atoms with Crippen molar-refractivity contribution in [2.24, 2.45) is 11.8 Å². The molecule has 1 heterocycles. The molecule has 0 aromatic rings. The van der Waals surface area contributed by atoms with Gasteiger partial charge in [0.2, 0.25) is 11.8 Å². The topological polar surface area (TPSA) is 61.4 Å². The van der Waals surface area contributed by atoms with E-state index in [1.165, 1.54) is 0 Å². The summed E-state index contributed by atoms with van der Waals surface area (Å²) in [6.07, 6.45) is 1.52. The summed E-state index contributed by atoms with van der Waals surface area (Å²) in [5.74, 6) is 0.317. The van der Waals surface area contributed by atoms with Crippen LogP contribution in [-0.2, 0) is 9.59 Å². The number of nitrogens with zero attached hydrogens (tertiary/aromatic N) is 1. The van der Waals surface area contributed by atoms with Crippen LogP contribution in [0.1, 0.15) is 33.6 Å². The zero-order valence-corrected chi connectivity index (χ0v) is 12.7. The van der Waals surface area contributed by atoms with E-state index in [0.717, 1.165) is 13.0 Å². The molecule has 5 nitrogen and oxygen atoms in total. The summed E-state index contributed by atoms with van der Waals surface area (Å²) in [4.78, 5) is 25.9. The fourth-order valence-corrected chi connectivity index (χ4v) is 2.50. The van der Waals surface area contributed by atoms with Gasteiger partial charge in [-0.25, -0.2) is 0 Å². The van der Waals surface area contributed by atoms with Crippen molar-refractivity contribution in [3.8, 4) is 0 Å². The molecule has 0 aromatic heterocycles. The summed E-state index contributed by atoms with van der Waals surface area (Å²) in [6, 6.07) is -0.218. The van der Waals surface area contributed by atoms with Crippen molar-refractivity contribution in [3.05, 3.63) is 0 Å². The number of likely N-dealkylation sites (N-methyl/N-ethyl adjacent to an activating group) is 1. The zero-order chi connectivity index (χ0) is 14.6. The van der Waals surface area contributed by atoms with Gasteiger partial charge < -0.3 is 15.5 Å². The lowest BCUT2D eigenvalue weighted by Gasteiger charge is -2.25. The molecule has 1 fully saturated rings. The SMILES string of the molecule is CC(C)CC(NC(=O)C1CCNC1C)C(=O)N(C)C. The summed E-state index contributed by atoms with van der Waals surface area (Å²) < 4.78 is 0. The number of amides is 2. The van der Waals surface area contributed by atoms with Crippen LogP contribution in [0.4, 0.5) is 0 Å². The number of nitrogens with one attached hydrogen (secondary N) is 2. The Morgan fingerprint density at radius 2 is 2.00 bits per heavy atom.